The number of amides is 1. The number of nitrogens with one attached hydrogen (secondary N) is 1. The minimum Gasteiger partial charge on any atom is -0.480 e. The van der Waals surface area contributed by atoms with Crippen LogP contribution in [-0.4, -0.2) is 57.3 Å². The van der Waals surface area contributed by atoms with Crippen molar-refractivity contribution in [1.29, 1.82) is 0 Å². The summed E-state index contributed by atoms with van der Waals surface area (Å²) in [5, 5.41) is 21.9. The summed E-state index contributed by atoms with van der Waals surface area (Å²) in [7, 11) is 0. The fourth-order valence-electron chi connectivity index (χ4n) is 4.12. The third kappa shape index (κ3) is 5.67. The van der Waals surface area contributed by atoms with Crippen molar-refractivity contribution in [2.24, 2.45) is 0 Å². The number of aromatic nitrogens is 7. The number of pyridine rings is 3. The fraction of sp³-hybridized carbons (Fsp3) is 0.296. The average Bonchev–Trinajstić information content (AvgIpc) is 3.52. The van der Waals surface area contributed by atoms with Crippen molar-refractivity contribution in [3.8, 4) is 11.4 Å². The summed E-state index contributed by atoms with van der Waals surface area (Å²) >= 11 is 0. The number of carboxylic acids is 1. The summed E-state index contributed by atoms with van der Waals surface area (Å²) in [4.78, 5) is 37.8. The molecular weight excluding hydrogens is 516 g/mol. The molecule has 5 aromatic heterocycles. The molecule has 5 heterocycles. The van der Waals surface area contributed by atoms with Crippen LogP contribution < -0.4 is 10.1 Å². The van der Waals surface area contributed by atoms with Gasteiger partial charge in [0.15, 0.2) is 17.2 Å². The number of ether oxygens (including phenoxy) is 2. The Morgan fingerprint density at radius 3 is 2.60 bits per heavy atom. The van der Waals surface area contributed by atoms with E-state index in [0.717, 1.165) is 5.69 Å². The van der Waals surface area contributed by atoms with Crippen LogP contribution in [0, 0.1) is 6.92 Å². The summed E-state index contributed by atoms with van der Waals surface area (Å²) in [6.45, 7) is 8.58. The van der Waals surface area contributed by atoms with Crippen molar-refractivity contribution < 1.29 is 24.2 Å². The minimum absolute atomic E-state index is 0.164. The van der Waals surface area contributed by atoms with Gasteiger partial charge in [0.2, 0.25) is 0 Å². The Labute approximate surface area is 228 Å². The molecule has 13 heteroatoms. The van der Waals surface area contributed by atoms with Crippen molar-refractivity contribution in [3.05, 3.63) is 60.4 Å². The van der Waals surface area contributed by atoms with E-state index >= 15 is 0 Å². The highest BCUT2D eigenvalue weighted by Gasteiger charge is 2.24. The average molecular weight is 545 g/mol. The normalized spacial score (nSPS) is 12.4. The molecule has 2 N–H and O–H groups in total. The molecule has 0 aromatic carbocycles. The summed E-state index contributed by atoms with van der Waals surface area (Å²) < 4.78 is 14.8. The maximum Gasteiger partial charge on any atom is 0.413 e. The molecule has 0 spiro atoms. The molecule has 13 nitrogen and oxygen atoms in total. The second kappa shape index (κ2) is 10.2. The van der Waals surface area contributed by atoms with Gasteiger partial charge >= 0.3 is 12.1 Å². The number of rotatable bonds is 7. The van der Waals surface area contributed by atoms with Crippen LogP contribution in [0.25, 0.3) is 27.6 Å². The van der Waals surface area contributed by atoms with Crippen LogP contribution in [0.5, 0.6) is 5.75 Å². The Bertz CT molecular complexity index is 1720. The van der Waals surface area contributed by atoms with Gasteiger partial charge in [-0.05, 0) is 58.9 Å². The number of aryl methyl sites for hydroxylation is 1. The van der Waals surface area contributed by atoms with Crippen molar-refractivity contribution in [2.45, 2.75) is 52.9 Å². The largest absolute Gasteiger partial charge is 0.480 e. The van der Waals surface area contributed by atoms with Gasteiger partial charge in [-0.2, -0.15) is 10.2 Å². The molecule has 40 heavy (non-hydrogen) atoms. The number of carbonyl (C=O) groups is 2. The van der Waals surface area contributed by atoms with E-state index in [-0.39, 0.29) is 18.1 Å². The summed E-state index contributed by atoms with van der Waals surface area (Å²) in [5.41, 5.74) is 2.14. The Balaban J connectivity index is 1.58. The number of fused-ring (bicyclic) bond motifs is 2. The van der Waals surface area contributed by atoms with Crippen LogP contribution in [0.3, 0.4) is 0 Å². The number of aliphatic carboxylic acids is 1. The summed E-state index contributed by atoms with van der Waals surface area (Å²) in [6.07, 6.45) is 5.25. The standard InChI is InChI=1S/C27H28N8O5/c1-15-9-19-17(12-28-15)11-21(24(31-19)33-26(38)40-27(3,4)5)39-16(2)23-20(34-8-6-7-29-34)10-18-13-30-35(14-22(36)37)25(18)32-23/h6-13,16H,14H2,1-5H3,(H,36,37)(H,31,33,38)/t16-/m0/s1. The zero-order valence-corrected chi connectivity index (χ0v) is 22.6. The number of hydrogen-bond donors (Lipinski definition) is 2. The maximum atomic E-state index is 12.7. The van der Waals surface area contributed by atoms with E-state index in [9.17, 15) is 14.7 Å². The third-order valence-electron chi connectivity index (χ3n) is 5.77. The highest BCUT2D eigenvalue weighted by Crippen LogP contribution is 2.33. The predicted molar refractivity (Wildman–Crippen MR) is 145 cm³/mol. The Morgan fingerprint density at radius 2 is 1.90 bits per heavy atom. The monoisotopic (exact) mass is 544 g/mol. The zero-order chi connectivity index (χ0) is 28.6. The molecule has 0 saturated carbocycles. The molecule has 5 aromatic rings. The molecule has 1 amide bonds. The van der Waals surface area contributed by atoms with Crippen molar-refractivity contribution >= 4 is 39.8 Å². The highest BCUT2D eigenvalue weighted by molar-refractivity contribution is 5.90. The van der Waals surface area contributed by atoms with Crippen molar-refractivity contribution in [3.63, 3.8) is 0 Å². The fourth-order valence-corrected chi connectivity index (χ4v) is 4.12. The first-order valence-electron chi connectivity index (χ1n) is 12.5. The van der Waals surface area contributed by atoms with Gasteiger partial charge in [0.1, 0.15) is 23.9 Å². The molecule has 0 fully saturated rings. The molecule has 5 rings (SSSR count). The Kier molecular flexibility index (Phi) is 6.80. The minimum atomic E-state index is -1.04. The first-order chi connectivity index (χ1) is 19.0. The van der Waals surface area contributed by atoms with Crippen LogP contribution in [0.4, 0.5) is 10.6 Å². The van der Waals surface area contributed by atoms with Crippen LogP contribution >= 0.6 is 0 Å². The summed E-state index contributed by atoms with van der Waals surface area (Å²) in [5.74, 6) is -0.613. The molecule has 0 saturated heterocycles. The van der Waals surface area contributed by atoms with E-state index in [1.165, 1.54) is 4.68 Å². The van der Waals surface area contributed by atoms with Gasteiger partial charge in [-0.15, -0.1) is 0 Å². The van der Waals surface area contributed by atoms with Gasteiger partial charge in [0, 0.05) is 35.1 Å². The van der Waals surface area contributed by atoms with E-state index in [0.29, 0.717) is 33.3 Å². The van der Waals surface area contributed by atoms with Gasteiger partial charge in [0.05, 0.1) is 17.4 Å². The quantitative estimate of drug-likeness (QED) is 0.300. The lowest BCUT2D eigenvalue weighted by Gasteiger charge is -2.22. The molecule has 0 aliphatic rings. The SMILES string of the molecule is Cc1cc2nc(NC(=O)OC(C)(C)C)c(O[C@@H](C)c3nc4c(cnn4CC(=O)O)cc3-n3cccn3)cc2cn1. The Morgan fingerprint density at radius 1 is 1.10 bits per heavy atom. The molecule has 0 aliphatic heterocycles. The van der Waals surface area contributed by atoms with E-state index < -0.39 is 23.8 Å². The molecule has 206 valence electrons. The topological polar surface area (TPSA) is 159 Å². The molecule has 0 radical (unpaired) electrons. The van der Waals surface area contributed by atoms with E-state index in [1.807, 2.05) is 13.0 Å². The number of hydrogen-bond acceptors (Lipinski definition) is 9. The second-order valence-electron chi connectivity index (χ2n) is 10.2. The molecule has 0 aliphatic carbocycles. The van der Waals surface area contributed by atoms with Crippen molar-refractivity contribution in [2.75, 3.05) is 5.32 Å². The predicted octanol–water partition coefficient (Wildman–Crippen LogP) is 4.44. The number of nitrogens with zero attached hydrogens (tertiary/aromatic N) is 7. The molecular formula is C27H28N8O5. The van der Waals surface area contributed by atoms with Crippen LogP contribution in [0.1, 0.15) is 45.2 Å². The van der Waals surface area contributed by atoms with Crippen LogP contribution in [-0.2, 0) is 16.1 Å². The highest BCUT2D eigenvalue weighted by atomic mass is 16.6. The lowest BCUT2D eigenvalue weighted by Crippen LogP contribution is -2.27. The molecule has 1 atom stereocenters. The molecule has 0 bridgehead atoms. The first-order valence-corrected chi connectivity index (χ1v) is 12.5. The molecule has 0 unspecified atom stereocenters. The lowest BCUT2D eigenvalue weighted by atomic mass is 10.1. The number of anilines is 1. The second-order valence-corrected chi connectivity index (χ2v) is 10.2. The lowest BCUT2D eigenvalue weighted by molar-refractivity contribution is -0.137. The van der Waals surface area contributed by atoms with Gasteiger partial charge in [-0.1, -0.05) is 0 Å². The van der Waals surface area contributed by atoms with Gasteiger partial charge in [-0.25, -0.2) is 24.1 Å². The van der Waals surface area contributed by atoms with Crippen LogP contribution in [0.2, 0.25) is 0 Å². The third-order valence-corrected chi connectivity index (χ3v) is 5.77. The van der Waals surface area contributed by atoms with E-state index in [4.69, 9.17) is 14.5 Å². The number of carboxylic acid groups (broad SMARTS) is 1. The Hall–Kier alpha value is -5.07. The van der Waals surface area contributed by atoms with Crippen molar-refractivity contribution in [1.82, 2.24) is 34.5 Å². The maximum absolute atomic E-state index is 12.7. The van der Waals surface area contributed by atoms with Gasteiger partial charge < -0.3 is 14.6 Å². The van der Waals surface area contributed by atoms with Gasteiger partial charge in [0.25, 0.3) is 0 Å². The van der Waals surface area contributed by atoms with E-state index in [1.54, 1.807) is 75.4 Å². The first kappa shape index (κ1) is 26.5. The van der Waals surface area contributed by atoms with Gasteiger partial charge in [-0.3, -0.25) is 15.1 Å². The summed E-state index contributed by atoms with van der Waals surface area (Å²) in [6, 6.07) is 7.13. The zero-order valence-electron chi connectivity index (χ0n) is 22.6. The number of carbonyl (C=O) groups excluding carboxylic acids is 1. The van der Waals surface area contributed by atoms with Crippen LogP contribution in [0.15, 0.2) is 49.1 Å². The smallest absolute Gasteiger partial charge is 0.413 e. The van der Waals surface area contributed by atoms with E-state index in [2.05, 4.69) is 25.5 Å².